The van der Waals surface area contributed by atoms with Crippen LogP contribution in [-0.2, 0) is 84.2 Å². The van der Waals surface area contributed by atoms with Gasteiger partial charge in [0.1, 0.15) is 25.2 Å². The Morgan fingerprint density at radius 1 is 0.897 bits per heavy atom. The number of aromatic nitrogens is 2. The second-order valence-electron chi connectivity index (χ2n) is 20.3. The van der Waals surface area contributed by atoms with Gasteiger partial charge in [-0.05, 0) is 74.3 Å². The molecule has 1 aliphatic carbocycles. The number of imide groups is 1. The number of aryl methyl sites for hydroxylation is 1. The molecule has 1 unspecified atom stereocenters. The number of nitrogens with one attached hydrogen (secondary N) is 6. The maximum atomic E-state index is 15.4. The van der Waals surface area contributed by atoms with Crippen LogP contribution in [0.4, 0.5) is 4.39 Å². The van der Waals surface area contributed by atoms with E-state index in [0.29, 0.717) is 83.2 Å². The number of fused-ring (bicyclic) bond motifs is 5. The third-order valence-corrected chi connectivity index (χ3v) is 14.8. The third-order valence-electron chi connectivity index (χ3n) is 14.8. The van der Waals surface area contributed by atoms with Crippen molar-refractivity contribution < 1.29 is 62.1 Å². The number of rotatable bonds is 23. The summed E-state index contributed by atoms with van der Waals surface area (Å²) in [5.74, 6) is -5.45. The van der Waals surface area contributed by atoms with Crippen molar-refractivity contribution in [3.8, 4) is 11.4 Å². The van der Waals surface area contributed by atoms with Crippen molar-refractivity contribution in [3.05, 3.63) is 97.6 Å². The van der Waals surface area contributed by atoms with Crippen LogP contribution in [0.15, 0.2) is 47.3 Å². The average Bonchev–Trinajstić information content (AvgIpc) is 4.07. The Bertz CT molecular complexity index is 3150. The average molecular weight is 1080 g/mol. The van der Waals surface area contributed by atoms with E-state index in [0.717, 1.165) is 5.56 Å². The van der Waals surface area contributed by atoms with E-state index in [4.69, 9.17) is 14.5 Å². The maximum absolute atomic E-state index is 15.4. The summed E-state index contributed by atoms with van der Waals surface area (Å²) < 4.78 is 27.9. The number of carbonyl (C=O) groups is 9. The van der Waals surface area contributed by atoms with Crippen LogP contribution >= 0.6 is 0 Å². The number of likely N-dealkylation sites (tertiary alicyclic amines) is 1. The highest BCUT2D eigenvalue weighted by Crippen LogP contribution is 2.46. The molecule has 0 radical (unpaired) electrons. The number of amides is 8. The molecule has 3 aliphatic heterocycles. The molecule has 2 aromatic carbocycles. The normalized spacial score (nSPS) is 18.7. The number of pyridine rings is 2. The Morgan fingerprint density at radius 2 is 1.62 bits per heavy atom. The first-order valence-corrected chi connectivity index (χ1v) is 26.3. The van der Waals surface area contributed by atoms with Crippen LogP contribution in [-0.4, -0.2) is 118 Å². The topological polar surface area (TPSA) is 303 Å². The number of aliphatic hydroxyl groups is 1. The second kappa shape index (κ2) is 24.2. The summed E-state index contributed by atoms with van der Waals surface area (Å²) in [5.41, 5.74) is 2.07. The number of benzene rings is 2. The fourth-order valence-corrected chi connectivity index (χ4v) is 10.5. The molecule has 22 nitrogen and oxygen atoms in total. The van der Waals surface area contributed by atoms with Gasteiger partial charge in [-0.2, -0.15) is 0 Å². The molecule has 1 saturated heterocycles. The van der Waals surface area contributed by atoms with Crippen LogP contribution in [0.25, 0.3) is 22.3 Å². The predicted molar refractivity (Wildman–Crippen MR) is 277 cm³/mol. The summed E-state index contributed by atoms with van der Waals surface area (Å²) >= 11 is 0. The van der Waals surface area contributed by atoms with E-state index in [1.54, 1.807) is 64.1 Å². The van der Waals surface area contributed by atoms with E-state index in [2.05, 4.69) is 31.9 Å². The van der Waals surface area contributed by atoms with Crippen molar-refractivity contribution in [2.45, 2.75) is 129 Å². The number of unbranched alkanes of at least 4 members (excludes halogenated alkanes) is 2. The summed E-state index contributed by atoms with van der Waals surface area (Å²) in [4.78, 5) is 135. The van der Waals surface area contributed by atoms with Gasteiger partial charge in [-0.1, -0.05) is 50.6 Å². The van der Waals surface area contributed by atoms with Gasteiger partial charge in [0.05, 0.1) is 67.2 Å². The Morgan fingerprint density at radius 3 is 2.35 bits per heavy atom. The van der Waals surface area contributed by atoms with Crippen LogP contribution in [0.2, 0.25) is 0 Å². The van der Waals surface area contributed by atoms with Crippen LogP contribution < -0.4 is 37.5 Å². The lowest BCUT2D eigenvalue weighted by Gasteiger charge is -2.31. The number of esters is 1. The third kappa shape index (κ3) is 12.3. The lowest BCUT2D eigenvalue weighted by atomic mass is 9.81. The summed E-state index contributed by atoms with van der Waals surface area (Å²) in [5, 5.41) is 27.7. The molecule has 8 rings (SSSR count). The molecule has 4 aromatic rings. The number of cyclic esters (lactones) is 1. The first kappa shape index (κ1) is 56.3. The number of hydrogen-bond acceptors (Lipinski definition) is 14. The van der Waals surface area contributed by atoms with Crippen molar-refractivity contribution in [3.63, 3.8) is 0 Å². The lowest BCUT2D eigenvalue weighted by Crippen LogP contribution is -2.52. The molecule has 0 spiro atoms. The van der Waals surface area contributed by atoms with Gasteiger partial charge in [0.25, 0.3) is 5.56 Å². The van der Waals surface area contributed by atoms with Gasteiger partial charge in [-0.3, -0.25) is 48.1 Å². The zero-order valence-corrected chi connectivity index (χ0v) is 43.9. The molecule has 414 valence electrons. The fraction of sp³-hybridized carbons (Fsp3) is 0.473. The highest BCUT2D eigenvalue weighted by atomic mass is 19.1. The molecule has 5 heterocycles. The molecule has 7 N–H and O–H groups in total. The molecule has 78 heavy (non-hydrogen) atoms. The first-order valence-electron chi connectivity index (χ1n) is 26.3. The van der Waals surface area contributed by atoms with Crippen molar-refractivity contribution in [2.24, 2.45) is 5.92 Å². The minimum atomic E-state index is -2.04. The van der Waals surface area contributed by atoms with Gasteiger partial charge in [-0.15, -0.1) is 0 Å². The number of ether oxygens (including phenoxy) is 2. The zero-order valence-electron chi connectivity index (χ0n) is 43.9. The number of nitrogens with zero attached hydrogens (tertiary/aromatic N) is 3. The molecular formula is C55H64FN9O13. The molecule has 0 bridgehead atoms. The lowest BCUT2D eigenvalue weighted by molar-refractivity contribution is -0.172. The number of halogens is 1. The van der Waals surface area contributed by atoms with Gasteiger partial charge >= 0.3 is 5.97 Å². The molecule has 5 atom stereocenters. The Kier molecular flexibility index (Phi) is 17.4. The maximum Gasteiger partial charge on any atom is 0.343 e. The van der Waals surface area contributed by atoms with E-state index in [1.807, 2.05) is 0 Å². The minimum Gasteiger partial charge on any atom is -0.458 e. The van der Waals surface area contributed by atoms with Crippen molar-refractivity contribution in [2.75, 3.05) is 32.9 Å². The SMILES string of the molecule is CC[C@@]1(O)C(=O)OCc2c1cc1n(c2=O)Cc2c-1nc1cc(F)c(C)c3c1c2[C@@H](NC(=O)C[C@@H](C)OCNC(=O)CNC(=O)[C@H](Cc1ccccc1)NC(=O)CNC(=O)CNC(=O)CCCCCN1C(=O)CC(C)C1=O)CC3. The molecule has 0 saturated carbocycles. The minimum absolute atomic E-state index is 0.0422. The standard InChI is InChI=1S/C55H64FN9O13/c1-5-55(76)36-21-41-50-34(26-65(41)53(74)35(36)27-77-54(55)75)49-38(16-15-33-31(4)37(56)22-39(63-50)48(33)49)61-43(67)19-30(3)78-28-60-45(69)24-59-51(72)40(20-32-12-8-6-9-13-32)62-46(70)25-58-44(68)23-57-42(66)14-10-7-11-17-64-47(71)18-29(2)52(64)73/h6,8-9,12-13,21-22,29-30,38,40,76H,5,7,10-11,14-20,23-28H2,1-4H3,(H,57,66)(H,58,68)(H,59,72)(H,60,69)(H,61,67)(H,62,70)/t29?,30-,38+,40+,55+/m1/s1. The van der Waals surface area contributed by atoms with Crippen LogP contribution in [0.3, 0.4) is 0 Å². The van der Waals surface area contributed by atoms with Crippen LogP contribution in [0.1, 0.15) is 117 Å². The highest BCUT2D eigenvalue weighted by molar-refractivity contribution is 6.03. The van der Waals surface area contributed by atoms with Crippen molar-refractivity contribution >= 4 is 64.1 Å². The molecule has 1 fully saturated rings. The zero-order chi connectivity index (χ0) is 56.0. The van der Waals surface area contributed by atoms with Crippen molar-refractivity contribution in [1.82, 2.24) is 46.4 Å². The van der Waals surface area contributed by atoms with E-state index in [1.165, 1.54) is 15.5 Å². The van der Waals surface area contributed by atoms with E-state index >= 15 is 4.39 Å². The van der Waals surface area contributed by atoms with E-state index in [-0.39, 0.29) is 92.7 Å². The van der Waals surface area contributed by atoms with Crippen LogP contribution in [0.5, 0.6) is 0 Å². The van der Waals surface area contributed by atoms with Gasteiger partial charge in [-0.25, -0.2) is 14.2 Å². The first-order chi connectivity index (χ1) is 37.3. The van der Waals surface area contributed by atoms with E-state index < -0.39 is 84.4 Å². The summed E-state index contributed by atoms with van der Waals surface area (Å²) in [6, 6.07) is 9.98. The number of hydrogen-bond donors (Lipinski definition) is 7. The van der Waals surface area contributed by atoms with Gasteiger partial charge in [0.15, 0.2) is 5.60 Å². The Balaban J connectivity index is 0.795. The highest BCUT2D eigenvalue weighted by Gasteiger charge is 2.46. The predicted octanol–water partition coefficient (Wildman–Crippen LogP) is 1.53. The molecule has 23 heteroatoms. The van der Waals surface area contributed by atoms with Gasteiger partial charge in [0.2, 0.25) is 47.3 Å². The van der Waals surface area contributed by atoms with E-state index in [9.17, 15) is 53.1 Å². The van der Waals surface area contributed by atoms with Gasteiger partial charge < -0.3 is 51.0 Å². The summed E-state index contributed by atoms with van der Waals surface area (Å²) in [7, 11) is 0. The quantitative estimate of drug-likeness (QED) is 0.0211. The summed E-state index contributed by atoms with van der Waals surface area (Å²) in [6.45, 7) is 5.00. The molecule has 4 aliphatic rings. The monoisotopic (exact) mass is 1080 g/mol. The number of carbonyl (C=O) groups excluding carboxylic acids is 9. The molecule has 8 amide bonds. The smallest absolute Gasteiger partial charge is 0.343 e. The largest absolute Gasteiger partial charge is 0.458 e. The Hall–Kier alpha value is -7.92. The fourth-order valence-electron chi connectivity index (χ4n) is 10.5. The summed E-state index contributed by atoms with van der Waals surface area (Å²) in [6.07, 6.45) is 1.97. The molecular weight excluding hydrogens is 1010 g/mol. The van der Waals surface area contributed by atoms with Crippen LogP contribution in [0, 0.1) is 18.7 Å². The second-order valence-corrected chi connectivity index (χ2v) is 20.3. The van der Waals surface area contributed by atoms with Gasteiger partial charge in [0, 0.05) is 54.3 Å². The van der Waals surface area contributed by atoms with Crippen molar-refractivity contribution in [1.29, 1.82) is 0 Å². The Labute approximate surface area is 447 Å². The molecule has 2 aromatic heterocycles.